The second kappa shape index (κ2) is 6.82. The van der Waals surface area contributed by atoms with E-state index in [1.165, 1.54) is 31.5 Å². The number of carboxylic acid groups (broad SMARTS) is 1. The molecule has 0 spiro atoms. The molecular formula is C15H13ClN2O4. The van der Waals surface area contributed by atoms with Gasteiger partial charge >= 0.3 is 5.97 Å². The molecule has 114 valence electrons. The monoisotopic (exact) mass is 320 g/mol. The maximum absolute atomic E-state index is 11.0. The van der Waals surface area contributed by atoms with Gasteiger partial charge in [0.25, 0.3) is 0 Å². The number of hydrogen-bond donors (Lipinski definition) is 3. The molecule has 0 heterocycles. The van der Waals surface area contributed by atoms with E-state index in [0.717, 1.165) is 0 Å². The number of aromatic hydroxyl groups is 1. The minimum Gasteiger partial charge on any atom is -0.507 e. The molecule has 0 bridgehead atoms. The predicted octanol–water partition coefficient (Wildman–Crippen LogP) is 3.20. The molecule has 0 aromatic heterocycles. The lowest BCUT2D eigenvalue weighted by atomic mass is 10.2. The van der Waals surface area contributed by atoms with Crippen molar-refractivity contribution in [1.29, 1.82) is 0 Å². The molecule has 2 aromatic carbocycles. The summed E-state index contributed by atoms with van der Waals surface area (Å²) >= 11 is 5.78. The Labute approximate surface area is 131 Å². The van der Waals surface area contributed by atoms with E-state index in [2.05, 4.69) is 10.5 Å². The average molecular weight is 321 g/mol. The summed E-state index contributed by atoms with van der Waals surface area (Å²) in [4.78, 5) is 11.0. The maximum Gasteiger partial charge on any atom is 0.337 e. The van der Waals surface area contributed by atoms with Gasteiger partial charge in [0.1, 0.15) is 11.5 Å². The number of hydrogen-bond acceptors (Lipinski definition) is 5. The van der Waals surface area contributed by atoms with Crippen LogP contribution < -0.4 is 10.2 Å². The van der Waals surface area contributed by atoms with Crippen molar-refractivity contribution >= 4 is 29.5 Å². The highest BCUT2D eigenvalue weighted by Crippen LogP contribution is 2.22. The number of phenols is 1. The van der Waals surface area contributed by atoms with Crippen molar-refractivity contribution in [3.8, 4) is 11.5 Å². The summed E-state index contributed by atoms with van der Waals surface area (Å²) < 4.78 is 5.06. The van der Waals surface area contributed by atoms with Crippen LogP contribution in [0.3, 0.4) is 0 Å². The van der Waals surface area contributed by atoms with E-state index in [-0.39, 0.29) is 16.3 Å². The largest absolute Gasteiger partial charge is 0.507 e. The number of carbonyl (C=O) groups is 1. The van der Waals surface area contributed by atoms with Crippen LogP contribution in [0.1, 0.15) is 15.9 Å². The second-order valence-electron chi connectivity index (χ2n) is 4.29. The van der Waals surface area contributed by atoms with Crippen LogP contribution in [-0.4, -0.2) is 29.5 Å². The van der Waals surface area contributed by atoms with Crippen molar-refractivity contribution in [2.45, 2.75) is 0 Å². The predicted molar refractivity (Wildman–Crippen MR) is 84.3 cm³/mol. The first-order valence-electron chi connectivity index (χ1n) is 6.20. The lowest BCUT2D eigenvalue weighted by molar-refractivity contribution is 0.0697. The standard InChI is InChI=1S/C15H13ClN2O4/c1-22-11-3-5-14(19)9(6-11)8-17-18-10-2-4-13(16)12(7-10)15(20)21/h2-8,18-19H,1H3,(H,20,21)/b17-8+. The Morgan fingerprint density at radius 2 is 2.09 bits per heavy atom. The molecule has 7 heteroatoms. The van der Waals surface area contributed by atoms with E-state index >= 15 is 0 Å². The van der Waals surface area contributed by atoms with Crippen molar-refractivity contribution < 1.29 is 19.7 Å². The third-order valence-electron chi connectivity index (χ3n) is 2.83. The zero-order chi connectivity index (χ0) is 16.1. The summed E-state index contributed by atoms with van der Waals surface area (Å²) in [5.74, 6) is -0.490. The smallest absolute Gasteiger partial charge is 0.337 e. The zero-order valence-corrected chi connectivity index (χ0v) is 12.3. The van der Waals surface area contributed by atoms with Crippen LogP contribution in [0, 0.1) is 0 Å². The van der Waals surface area contributed by atoms with Gasteiger partial charge < -0.3 is 14.9 Å². The maximum atomic E-state index is 11.0. The fraction of sp³-hybridized carbons (Fsp3) is 0.0667. The quantitative estimate of drug-likeness (QED) is 0.581. The third-order valence-corrected chi connectivity index (χ3v) is 3.16. The van der Waals surface area contributed by atoms with Crippen LogP contribution in [0.4, 0.5) is 5.69 Å². The molecule has 6 nitrogen and oxygen atoms in total. The molecule has 2 rings (SSSR count). The van der Waals surface area contributed by atoms with Crippen molar-refractivity contribution in [2.75, 3.05) is 12.5 Å². The fourth-order valence-corrected chi connectivity index (χ4v) is 1.90. The Bertz CT molecular complexity index is 731. The van der Waals surface area contributed by atoms with Gasteiger partial charge in [-0.1, -0.05) is 11.6 Å². The van der Waals surface area contributed by atoms with Gasteiger partial charge in [0, 0.05) is 5.56 Å². The van der Waals surface area contributed by atoms with Crippen LogP contribution in [0.2, 0.25) is 5.02 Å². The molecule has 22 heavy (non-hydrogen) atoms. The molecule has 0 unspecified atom stereocenters. The van der Waals surface area contributed by atoms with E-state index in [4.69, 9.17) is 21.4 Å². The molecular weight excluding hydrogens is 308 g/mol. The van der Waals surface area contributed by atoms with E-state index in [1.54, 1.807) is 18.2 Å². The van der Waals surface area contributed by atoms with E-state index in [1.807, 2.05) is 0 Å². The Morgan fingerprint density at radius 3 is 2.77 bits per heavy atom. The van der Waals surface area contributed by atoms with Crippen molar-refractivity contribution in [1.82, 2.24) is 0 Å². The summed E-state index contributed by atoms with van der Waals surface area (Å²) in [6, 6.07) is 9.16. The normalized spacial score (nSPS) is 10.6. The SMILES string of the molecule is COc1ccc(O)c(/C=N/Nc2ccc(Cl)c(C(=O)O)c2)c1. The van der Waals surface area contributed by atoms with Gasteiger partial charge in [-0.2, -0.15) is 5.10 Å². The van der Waals surface area contributed by atoms with Crippen molar-refractivity contribution in [3.05, 3.63) is 52.5 Å². The number of aromatic carboxylic acids is 1. The zero-order valence-electron chi connectivity index (χ0n) is 11.6. The number of phenolic OH excluding ortho intramolecular Hbond substituents is 1. The third kappa shape index (κ3) is 3.67. The van der Waals surface area contributed by atoms with Crippen LogP contribution in [-0.2, 0) is 0 Å². The van der Waals surface area contributed by atoms with Crippen molar-refractivity contribution in [2.24, 2.45) is 5.10 Å². The summed E-state index contributed by atoms with van der Waals surface area (Å²) in [5.41, 5.74) is 3.57. The number of ether oxygens (including phenoxy) is 1. The van der Waals surface area contributed by atoms with Gasteiger partial charge in [0.15, 0.2) is 0 Å². The highest BCUT2D eigenvalue weighted by atomic mass is 35.5. The molecule has 0 aliphatic heterocycles. The molecule has 0 fully saturated rings. The van der Waals surface area contributed by atoms with Gasteiger partial charge in [-0.3, -0.25) is 5.43 Å². The number of methoxy groups -OCH3 is 1. The summed E-state index contributed by atoms with van der Waals surface area (Å²) in [6.07, 6.45) is 1.40. The molecule has 2 aromatic rings. The molecule has 3 N–H and O–H groups in total. The number of carboxylic acids is 1. The Hall–Kier alpha value is -2.73. The first-order chi connectivity index (χ1) is 10.5. The van der Waals surface area contributed by atoms with E-state index in [9.17, 15) is 9.90 Å². The topological polar surface area (TPSA) is 91.2 Å². The highest BCUT2D eigenvalue weighted by molar-refractivity contribution is 6.33. The Kier molecular flexibility index (Phi) is 4.85. The van der Waals surface area contributed by atoms with Crippen molar-refractivity contribution in [3.63, 3.8) is 0 Å². The van der Waals surface area contributed by atoms with Gasteiger partial charge in [-0.05, 0) is 36.4 Å². The minimum absolute atomic E-state index is 0.0221. The molecule has 0 saturated heterocycles. The number of rotatable bonds is 5. The van der Waals surface area contributed by atoms with Crippen LogP contribution in [0.25, 0.3) is 0 Å². The fourth-order valence-electron chi connectivity index (χ4n) is 1.70. The number of nitrogens with one attached hydrogen (secondary N) is 1. The molecule has 0 amide bonds. The highest BCUT2D eigenvalue weighted by Gasteiger charge is 2.09. The summed E-state index contributed by atoms with van der Waals surface area (Å²) in [7, 11) is 1.52. The number of halogens is 1. The van der Waals surface area contributed by atoms with Gasteiger partial charge in [0.2, 0.25) is 0 Å². The van der Waals surface area contributed by atoms with E-state index < -0.39 is 5.97 Å². The second-order valence-corrected chi connectivity index (χ2v) is 4.70. The minimum atomic E-state index is -1.12. The van der Waals surface area contributed by atoms with E-state index in [0.29, 0.717) is 17.0 Å². The Balaban J connectivity index is 2.16. The molecule has 0 aliphatic rings. The lowest BCUT2D eigenvalue weighted by Crippen LogP contribution is -1.99. The molecule has 0 aliphatic carbocycles. The van der Waals surface area contributed by atoms with Gasteiger partial charge in [-0.25, -0.2) is 4.79 Å². The Morgan fingerprint density at radius 1 is 1.32 bits per heavy atom. The molecule has 0 radical (unpaired) electrons. The number of nitrogens with zero attached hydrogens (tertiary/aromatic N) is 1. The average Bonchev–Trinajstić information content (AvgIpc) is 2.50. The van der Waals surface area contributed by atoms with Gasteiger partial charge in [0.05, 0.1) is 29.6 Å². The number of anilines is 1. The first kappa shape index (κ1) is 15.7. The van der Waals surface area contributed by atoms with Crippen LogP contribution in [0.5, 0.6) is 11.5 Å². The van der Waals surface area contributed by atoms with Crippen LogP contribution in [0.15, 0.2) is 41.5 Å². The molecule has 0 saturated carbocycles. The number of benzene rings is 2. The first-order valence-corrected chi connectivity index (χ1v) is 6.58. The van der Waals surface area contributed by atoms with Gasteiger partial charge in [-0.15, -0.1) is 0 Å². The number of hydrazone groups is 1. The lowest BCUT2D eigenvalue weighted by Gasteiger charge is -2.05. The summed E-state index contributed by atoms with van der Waals surface area (Å²) in [5, 5.41) is 22.8. The molecule has 0 atom stereocenters. The summed E-state index contributed by atoms with van der Waals surface area (Å²) in [6.45, 7) is 0. The van der Waals surface area contributed by atoms with Crippen LogP contribution >= 0.6 is 11.6 Å².